The van der Waals surface area contributed by atoms with Crippen molar-refractivity contribution in [2.24, 2.45) is 11.5 Å². The van der Waals surface area contributed by atoms with E-state index in [1.165, 1.54) is 0 Å². The van der Waals surface area contributed by atoms with E-state index < -0.39 is 0 Å². The Balaban J connectivity index is 0.000000561. The highest BCUT2D eigenvalue weighted by atomic mass is 14.9. The van der Waals surface area contributed by atoms with Crippen LogP contribution >= 0.6 is 0 Å². The van der Waals surface area contributed by atoms with Crippen LogP contribution in [0.2, 0.25) is 0 Å². The molecule has 2 atom stereocenters. The summed E-state index contributed by atoms with van der Waals surface area (Å²) in [7, 11) is 1.97. The van der Waals surface area contributed by atoms with E-state index in [1.807, 2.05) is 20.9 Å². The minimum Gasteiger partial charge on any atom is -0.328 e. The zero-order chi connectivity index (χ0) is 9.56. The molecule has 12 heavy (non-hydrogen) atoms. The third-order valence-corrected chi connectivity index (χ3v) is 2.19. The van der Waals surface area contributed by atoms with Crippen LogP contribution in [-0.2, 0) is 0 Å². The van der Waals surface area contributed by atoms with Crippen LogP contribution in [0.4, 0.5) is 0 Å². The molecule has 1 aliphatic rings. The van der Waals surface area contributed by atoms with Crippen LogP contribution in [0.1, 0.15) is 33.1 Å². The van der Waals surface area contributed by atoms with Crippen LogP contribution in [0.3, 0.4) is 0 Å². The SMILES string of the molecule is CC.CNC1CC(N)CC(N)C1. The second-order valence-electron chi connectivity index (χ2n) is 3.21. The molecule has 0 bridgehead atoms. The van der Waals surface area contributed by atoms with Gasteiger partial charge in [-0.15, -0.1) is 0 Å². The maximum Gasteiger partial charge on any atom is 0.00935 e. The Kier molecular flexibility index (Phi) is 6.34. The average Bonchev–Trinajstić information content (AvgIpc) is 2.06. The number of nitrogens with two attached hydrogens (primary N) is 2. The second kappa shape index (κ2) is 6.40. The molecule has 0 aromatic heterocycles. The van der Waals surface area contributed by atoms with E-state index >= 15 is 0 Å². The van der Waals surface area contributed by atoms with Crippen molar-refractivity contribution >= 4 is 0 Å². The lowest BCUT2D eigenvalue weighted by Gasteiger charge is -2.30. The molecule has 1 saturated carbocycles. The van der Waals surface area contributed by atoms with Crippen molar-refractivity contribution in [3.05, 3.63) is 0 Å². The third-order valence-electron chi connectivity index (χ3n) is 2.19. The summed E-state index contributed by atoms with van der Waals surface area (Å²) in [5.74, 6) is 0. The molecule has 0 spiro atoms. The molecule has 3 nitrogen and oxygen atoms in total. The molecular formula is C9H23N3. The lowest BCUT2D eigenvalue weighted by atomic mass is 9.88. The third kappa shape index (κ3) is 4.04. The van der Waals surface area contributed by atoms with Crippen LogP contribution in [-0.4, -0.2) is 25.2 Å². The van der Waals surface area contributed by atoms with Crippen LogP contribution in [0, 0.1) is 0 Å². The molecule has 5 N–H and O–H groups in total. The smallest absolute Gasteiger partial charge is 0.00935 e. The molecule has 0 aromatic rings. The summed E-state index contributed by atoms with van der Waals surface area (Å²) in [6.45, 7) is 4.00. The second-order valence-corrected chi connectivity index (χ2v) is 3.21. The van der Waals surface area contributed by atoms with Crippen LogP contribution < -0.4 is 16.8 Å². The molecule has 0 aliphatic heterocycles. The van der Waals surface area contributed by atoms with Gasteiger partial charge >= 0.3 is 0 Å². The number of rotatable bonds is 1. The van der Waals surface area contributed by atoms with Gasteiger partial charge in [0.2, 0.25) is 0 Å². The Bertz CT molecular complexity index is 95.9. The summed E-state index contributed by atoms with van der Waals surface area (Å²) in [4.78, 5) is 0. The van der Waals surface area contributed by atoms with Gasteiger partial charge in [-0.05, 0) is 26.3 Å². The van der Waals surface area contributed by atoms with Crippen molar-refractivity contribution in [3.63, 3.8) is 0 Å². The van der Waals surface area contributed by atoms with Gasteiger partial charge in [-0.2, -0.15) is 0 Å². The molecule has 1 fully saturated rings. The van der Waals surface area contributed by atoms with E-state index in [9.17, 15) is 0 Å². The minimum absolute atomic E-state index is 0.307. The van der Waals surface area contributed by atoms with E-state index in [1.54, 1.807) is 0 Å². The Morgan fingerprint density at radius 2 is 1.42 bits per heavy atom. The fourth-order valence-corrected chi connectivity index (χ4v) is 1.64. The highest BCUT2D eigenvalue weighted by Crippen LogP contribution is 2.15. The number of hydrogen-bond acceptors (Lipinski definition) is 3. The molecular weight excluding hydrogens is 150 g/mol. The maximum absolute atomic E-state index is 5.77. The summed E-state index contributed by atoms with van der Waals surface area (Å²) >= 11 is 0. The van der Waals surface area contributed by atoms with E-state index in [4.69, 9.17) is 11.5 Å². The highest BCUT2D eigenvalue weighted by Gasteiger charge is 2.22. The van der Waals surface area contributed by atoms with Gasteiger partial charge in [0.15, 0.2) is 0 Å². The zero-order valence-corrected chi connectivity index (χ0v) is 8.51. The standard InChI is InChI=1S/C7H17N3.C2H6/c1-10-7-3-5(8)2-6(9)4-7;1-2/h5-7,10H,2-4,8-9H2,1H3;1-2H3. The van der Waals surface area contributed by atoms with Gasteiger partial charge in [0, 0.05) is 18.1 Å². The molecule has 1 aliphatic carbocycles. The largest absolute Gasteiger partial charge is 0.328 e. The summed E-state index contributed by atoms with van der Waals surface area (Å²) in [5.41, 5.74) is 11.5. The van der Waals surface area contributed by atoms with Crippen LogP contribution in [0.15, 0.2) is 0 Å². The number of nitrogens with one attached hydrogen (secondary N) is 1. The summed E-state index contributed by atoms with van der Waals surface area (Å²) in [5, 5.41) is 3.20. The molecule has 0 aromatic carbocycles. The van der Waals surface area contributed by atoms with Crippen molar-refractivity contribution in [1.82, 2.24) is 5.32 Å². The van der Waals surface area contributed by atoms with E-state index in [0.29, 0.717) is 18.1 Å². The van der Waals surface area contributed by atoms with Crippen LogP contribution in [0.5, 0.6) is 0 Å². The van der Waals surface area contributed by atoms with Crippen LogP contribution in [0.25, 0.3) is 0 Å². The summed E-state index contributed by atoms with van der Waals surface area (Å²) in [6.07, 6.45) is 3.13. The van der Waals surface area contributed by atoms with Gasteiger partial charge in [-0.3, -0.25) is 0 Å². The first-order valence-electron chi connectivity index (χ1n) is 4.90. The highest BCUT2D eigenvalue weighted by molar-refractivity contribution is 4.85. The van der Waals surface area contributed by atoms with Gasteiger partial charge in [-0.1, -0.05) is 13.8 Å². The monoisotopic (exact) mass is 173 g/mol. The van der Waals surface area contributed by atoms with E-state index in [2.05, 4.69) is 5.32 Å². The Morgan fingerprint density at radius 3 is 1.75 bits per heavy atom. The fourth-order valence-electron chi connectivity index (χ4n) is 1.64. The fraction of sp³-hybridized carbons (Fsp3) is 1.00. The number of hydrogen-bond donors (Lipinski definition) is 3. The summed E-state index contributed by atoms with van der Waals surface area (Å²) < 4.78 is 0. The quantitative estimate of drug-likeness (QED) is 0.539. The minimum atomic E-state index is 0.307. The van der Waals surface area contributed by atoms with Gasteiger partial charge in [0.05, 0.1) is 0 Å². The van der Waals surface area contributed by atoms with E-state index in [0.717, 1.165) is 19.3 Å². The molecule has 1 rings (SSSR count). The van der Waals surface area contributed by atoms with Gasteiger partial charge in [0.1, 0.15) is 0 Å². The maximum atomic E-state index is 5.77. The molecule has 0 radical (unpaired) electrons. The Hall–Kier alpha value is -0.120. The lowest BCUT2D eigenvalue weighted by Crippen LogP contribution is -2.46. The normalized spacial score (nSPS) is 35.2. The Morgan fingerprint density at radius 1 is 1.00 bits per heavy atom. The topological polar surface area (TPSA) is 64.1 Å². The molecule has 0 amide bonds. The van der Waals surface area contributed by atoms with E-state index in [-0.39, 0.29) is 0 Å². The predicted molar refractivity (Wildman–Crippen MR) is 54.0 cm³/mol. The molecule has 2 unspecified atom stereocenters. The Labute approximate surface area is 75.9 Å². The summed E-state index contributed by atoms with van der Waals surface area (Å²) in [6, 6.07) is 1.15. The lowest BCUT2D eigenvalue weighted by molar-refractivity contribution is 0.321. The zero-order valence-electron chi connectivity index (χ0n) is 8.51. The van der Waals surface area contributed by atoms with Gasteiger partial charge in [-0.25, -0.2) is 0 Å². The van der Waals surface area contributed by atoms with Crippen molar-refractivity contribution in [3.8, 4) is 0 Å². The first-order valence-corrected chi connectivity index (χ1v) is 4.90. The molecule has 3 heteroatoms. The predicted octanol–water partition coefficient (Wildman–Crippen LogP) is 0.439. The van der Waals surface area contributed by atoms with Crippen molar-refractivity contribution in [1.29, 1.82) is 0 Å². The van der Waals surface area contributed by atoms with Crippen molar-refractivity contribution in [2.45, 2.75) is 51.2 Å². The van der Waals surface area contributed by atoms with Gasteiger partial charge in [0.25, 0.3) is 0 Å². The first-order chi connectivity index (χ1) is 5.72. The average molecular weight is 173 g/mol. The van der Waals surface area contributed by atoms with Gasteiger partial charge < -0.3 is 16.8 Å². The van der Waals surface area contributed by atoms with Crippen molar-refractivity contribution < 1.29 is 0 Å². The molecule has 74 valence electrons. The first kappa shape index (κ1) is 11.9. The molecule has 0 heterocycles. The van der Waals surface area contributed by atoms with Crippen molar-refractivity contribution in [2.75, 3.05) is 7.05 Å². The molecule has 0 saturated heterocycles.